The number of aliphatic carboxylic acids is 1. The summed E-state index contributed by atoms with van der Waals surface area (Å²) >= 11 is 7.58. The molecule has 1 aliphatic heterocycles. The van der Waals surface area contributed by atoms with Crippen molar-refractivity contribution in [2.75, 3.05) is 0 Å². The molecule has 3 aromatic carbocycles. The van der Waals surface area contributed by atoms with E-state index in [-0.39, 0.29) is 25.5 Å². The lowest BCUT2D eigenvalue weighted by molar-refractivity contribution is -0.140. The summed E-state index contributed by atoms with van der Waals surface area (Å²) in [6.07, 6.45) is -0.141. The minimum absolute atomic E-state index is 0.116. The van der Waals surface area contributed by atoms with Crippen LogP contribution in [0.1, 0.15) is 34.7 Å². The van der Waals surface area contributed by atoms with Gasteiger partial charge in [0.1, 0.15) is 0 Å². The number of carboxylic acids is 1. The number of thioether (sulfide) groups is 1. The number of halogens is 1. The summed E-state index contributed by atoms with van der Waals surface area (Å²) in [4.78, 5) is 28.6. The van der Waals surface area contributed by atoms with E-state index in [1.54, 1.807) is 35.2 Å². The highest BCUT2D eigenvalue weighted by atomic mass is 35.5. The molecule has 0 bridgehead atoms. The fourth-order valence-electron chi connectivity index (χ4n) is 4.21. The molecule has 2 atom stereocenters. The first-order valence-electron chi connectivity index (χ1n) is 10.6. The molecule has 3 aromatic rings. The molecular formula is C26H24ClNO4S. The number of aliphatic hydroxyl groups excluding tert-OH is 1. The van der Waals surface area contributed by atoms with E-state index in [0.717, 1.165) is 16.0 Å². The normalized spacial score (nSPS) is 20.3. The number of hydrogen-bond donors (Lipinski definition) is 2. The summed E-state index contributed by atoms with van der Waals surface area (Å²) < 4.78 is -1.42. The number of carboxylic acid groups (broad SMARTS) is 1. The van der Waals surface area contributed by atoms with E-state index in [4.69, 9.17) is 11.6 Å². The van der Waals surface area contributed by atoms with Gasteiger partial charge >= 0.3 is 5.97 Å². The lowest BCUT2D eigenvalue weighted by atomic mass is 9.92. The molecule has 2 N–H and O–H groups in total. The molecule has 1 heterocycles. The maximum Gasteiger partial charge on any atom is 0.323 e. The molecule has 5 nitrogen and oxygen atoms in total. The molecule has 0 unspecified atom stereocenters. The van der Waals surface area contributed by atoms with Crippen molar-refractivity contribution in [3.05, 3.63) is 100 Å². The zero-order chi connectivity index (χ0) is 23.6. The van der Waals surface area contributed by atoms with Crippen LogP contribution in [0.5, 0.6) is 0 Å². The van der Waals surface area contributed by atoms with Crippen LogP contribution in [-0.4, -0.2) is 31.7 Å². The largest absolute Gasteiger partial charge is 0.480 e. The van der Waals surface area contributed by atoms with E-state index >= 15 is 0 Å². The van der Waals surface area contributed by atoms with Crippen LogP contribution in [0.25, 0.3) is 0 Å². The number of nitrogens with zero attached hydrogens (tertiary/aromatic N) is 1. The van der Waals surface area contributed by atoms with Crippen molar-refractivity contribution in [3.8, 4) is 0 Å². The van der Waals surface area contributed by atoms with Gasteiger partial charge in [-0.25, -0.2) is 0 Å². The molecule has 0 spiro atoms. The second-order valence-corrected chi connectivity index (χ2v) is 10.0. The lowest BCUT2D eigenvalue weighted by Crippen LogP contribution is -2.41. The molecule has 1 saturated heterocycles. The summed E-state index contributed by atoms with van der Waals surface area (Å²) in [5, 5.41) is 20.5. The average molecular weight is 482 g/mol. The highest BCUT2D eigenvalue weighted by Crippen LogP contribution is 2.53. The quantitative estimate of drug-likeness (QED) is 0.483. The van der Waals surface area contributed by atoms with Gasteiger partial charge in [0.2, 0.25) is 5.91 Å². The van der Waals surface area contributed by atoms with Crippen molar-refractivity contribution in [2.24, 2.45) is 0 Å². The van der Waals surface area contributed by atoms with E-state index in [0.29, 0.717) is 16.1 Å². The second-order valence-electron chi connectivity index (χ2n) is 8.20. The van der Waals surface area contributed by atoms with E-state index < -0.39 is 16.8 Å². The summed E-state index contributed by atoms with van der Waals surface area (Å²) in [5.74, 6) is -1.28. The van der Waals surface area contributed by atoms with Crippen molar-refractivity contribution in [2.45, 2.75) is 42.2 Å². The van der Waals surface area contributed by atoms with Crippen LogP contribution < -0.4 is 0 Å². The highest BCUT2D eigenvalue weighted by Gasteiger charge is 2.58. The molecule has 1 aliphatic rings. The number of benzene rings is 3. The second kappa shape index (κ2) is 9.59. The number of amides is 1. The van der Waals surface area contributed by atoms with Crippen LogP contribution in [0, 0.1) is 6.92 Å². The molecule has 33 heavy (non-hydrogen) atoms. The zero-order valence-corrected chi connectivity index (χ0v) is 19.6. The third-order valence-corrected chi connectivity index (χ3v) is 7.73. The van der Waals surface area contributed by atoms with Gasteiger partial charge in [-0.3, -0.25) is 9.59 Å². The fourth-order valence-corrected chi connectivity index (χ4v) is 5.75. The maximum atomic E-state index is 13.3. The van der Waals surface area contributed by atoms with Crippen molar-refractivity contribution in [3.63, 3.8) is 0 Å². The van der Waals surface area contributed by atoms with E-state index in [9.17, 15) is 19.8 Å². The van der Waals surface area contributed by atoms with Gasteiger partial charge < -0.3 is 15.1 Å². The van der Waals surface area contributed by atoms with Crippen molar-refractivity contribution >= 4 is 35.2 Å². The SMILES string of the molecule is Cc1ccc(S[C@]2(C(=O)O)CC(=O)N(Cc3ccccc3Cl)[C@@H]2c2ccc(CO)cc2)cc1. The van der Waals surface area contributed by atoms with Gasteiger partial charge in [0.25, 0.3) is 0 Å². The smallest absolute Gasteiger partial charge is 0.323 e. The van der Waals surface area contributed by atoms with Crippen LogP contribution >= 0.6 is 23.4 Å². The Labute approximate surface area is 202 Å². The third kappa shape index (κ3) is 4.64. The zero-order valence-electron chi connectivity index (χ0n) is 18.1. The van der Waals surface area contributed by atoms with Crippen molar-refractivity contribution in [1.29, 1.82) is 0 Å². The summed E-state index contributed by atoms with van der Waals surface area (Å²) in [7, 11) is 0. The Hall–Kier alpha value is -2.80. The summed E-state index contributed by atoms with van der Waals surface area (Å²) in [6.45, 7) is 2.06. The van der Waals surface area contributed by atoms with Gasteiger partial charge in [-0.05, 0) is 41.8 Å². The monoisotopic (exact) mass is 481 g/mol. The first-order valence-corrected chi connectivity index (χ1v) is 11.7. The molecule has 0 radical (unpaired) electrons. The number of aryl methyl sites for hydroxylation is 1. The minimum atomic E-state index is -1.42. The number of carbonyl (C=O) groups is 2. The van der Waals surface area contributed by atoms with Crippen LogP contribution in [0.2, 0.25) is 5.02 Å². The summed E-state index contributed by atoms with van der Waals surface area (Å²) in [5.41, 5.74) is 3.24. The minimum Gasteiger partial charge on any atom is -0.480 e. The van der Waals surface area contributed by atoms with E-state index in [2.05, 4.69) is 0 Å². The van der Waals surface area contributed by atoms with Gasteiger partial charge in [0, 0.05) is 16.5 Å². The molecule has 0 aromatic heterocycles. The first kappa shape index (κ1) is 23.4. The number of rotatable bonds is 7. The van der Waals surface area contributed by atoms with E-state index in [1.165, 1.54) is 11.8 Å². The molecule has 7 heteroatoms. The number of likely N-dealkylation sites (tertiary alicyclic amines) is 1. The predicted molar refractivity (Wildman–Crippen MR) is 129 cm³/mol. The Balaban J connectivity index is 1.82. The van der Waals surface area contributed by atoms with Crippen molar-refractivity contribution < 1.29 is 19.8 Å². The van der Waals surface area contributed by atoms with Crippen LogP contribution in [0.4, 0.5) is 0 Å². The molecule has 1 amide bonds. The van der Waals surface area contributed by atoms with Gasteiger partial charge in [-0.15, -0.1) is 11.8 Å². The molecule has 170 valence electrons. The first-order chi connectivity index (χ1) is 15.8. The van der Waals surface area contributed by atoms with Gasteiger partial charge in [-0.1, -0.05) is 71.8 Å². The predicted octanol–water partition coefficient (Wildman–Crippen LogP) is 5.23. The van der Waals surface area contributed by atoms with Crippen LogP contribution in [-0.2, 0) is 22.7 Å². The molecule has 4 rings (SSSR count). The molecule has 1 fully saturated rings. The Morgan fingerprint density at radius 2 is 1.76 bits per heavy atom. The number of aliphatic hydroxyl groups is 1. The van der Waals surface area contributed by atoms with Gasteiger partial charge in [-0.2, -0.15) is 0 Å². The Morgan fingerprint density at radius 1 is 1.09 bits per heavy atom. The molecule has 0 saturated carbocycles. The lowest BCUT2D eigenvalue weighted by Gasteiger charge is -2.35. The van der Waals surface area contributed by atoms with E-state index in [1.807, 2.05) is 49.4 Å². The number of carbonyl (C=O) groups excluding carboxylic acids is 1. The van der Waals surface area contributed by atoms with Gasteiger partial charge in [0.15, 0.2) is 4.75 Å². The third-order valence-electron chi connectivity index (χ3n) is 5.95. The van der Waals surface area contributed by atoms with Crippen LogP contribution in [0.3, 0.4) is 0 Å². The Morgan fingerprint density at radius 3 is 2.36 bits per heavy atom. The van der Waals surface area contributed by atoms with Gasteiger partial charge in [0.05, 0.1) is 19.1 Å². The fraction of sp³-hybridized carbons (Fsp3) is 0.231. The molecular weight excluding hydrogens is 458 g/mol. The Kier molecular flexibility index (Phi) is 6.79. The Bertz CT molecular complexity index is 1170. The highest BCUT2D eigenvalue weighted by molar-refractivity contribution is 8.01. The summed E-state index contributed by atoms with van der Waals surface area (Å²) in [6, 6.07) is 21.3. The topological polar surface area (TPSA) is 77.8 Å². The maximum absolute atomic E-state index is 13.3. The molecule has 0 aliphatic carbocycles. The standard InChI is InChI=1S/C26H24ClNO4S/c1-17-6-12-21(13-7-17)33-26(25(31)32)14-23(30)28(15-20-4-2-3-5-22(20)27)24(26)19-10-8-18(16-29)9-11-19/h2-13,24,29H,14-16H2,1H3,(H,31,32)/t24-,26-/m1/s1. The van der Waals surface area contributed by atoms with Crippen LogP contribution in [0.15, 0.2) is 77.7 Å². The average Bonchev–Trinajstić information content (AvgIpc) is 3.09. The number of hydrogen-bond acceptors (Lipinski definition) is 4. The van der Waals surface area contributed by atoms with Crippen molar-refractivity contribution in [1.82, 2.24) is 4.90 Å².